The molecule has 0 saturated carbocycles. The number of nitrogens with zero attached hydrogens (tertiary/aromatic N) is 1. The molecule has 2 unspecified atom stereocenters. The van der Waals surface area contributed by atoms with Crippen LogP contribution in [0.3, 0.4) is 0 Å². The zero-order valence-electron chi connectivity index (χ0n) is 11.8. The van der Waals surface area contributed by atoms with E-state index in [1.165, 1.54) is 36.7 Å². The van der Waals surface area contributed by atoms with E-state index in [0.717, 1.165) is 0 Å². The predicted molar refractivity (Wildman–Crippen MR) is 77.7 cm³/mol. The predicted octanol–water partition coefficient (Wildman–Crippen LogP) is 0.867. The molecule has 1 aliphatic rings. The fraction of sp³-hybridized carbons (Fsp3) is 0.538. The molecular formula is C13H18ClNO5S. The summed E-state index contributed by atoms with van der Waals surface area (Å²) >= 11 is 5.89. The number of aliphatic hydroxyl groups is 1. The lowest BCUT2D eigenvalue weighted by Crippen LogP contribution is -2.30. The largest absolute Gasteiger partial charge is 0.392 e. The van der Waals surface area contributed by atoms with Gasteiger partial charge in [-0.2, -0.15) is 4.31 Å². The van der Waals surface area contributed by atoms with E-state index in [1.54, 1.807) is 0 Å². The summed E-state index contributed by atoms with van der Waals surface area (Å²) in [4.78, 5) is 0.0996. The van der Waals surface area contributed by atoms with E-state index in [9.17, 15) is 13.5 Å². The maximum Gasteiger partial charge on any atom is 0.243 e. The molecule has 1 heterocycles. The van der Waals surface area contributed by atoms with Crippen LogP contribution < -0.4 is 0 Å². The maximum atomic E-state index is 12.6. The molecule has 2 rings (SSSR count). The van der Waals surface area contributed by atoms with Crippen LogP contribution in [0.1, 0.15) is 5.56 Å². The van der Waals surface area contributed by atoms with Gasteiger partial charge in [-0.25, -0.2) is 8.42 Å². The average Bonchev–Trinajstić information content (AvgIpc) is 2.91. The maximum absolute atomic E-state index is 12.6. The number of sulfonamides is 1. The number of methoxy groups -OCH3 is 2. The van der Waals surface area contributed by atoms with Crippen molar-refractivity contribution in [2.24, 2.45) is 0 Å². The summed E-state index contributed by atoms with van der Waals surface area (Å²) < 4.78 is 37.1. The van der Waals surface area contributed by atoms with Crippen molar-refractivity contribution in [3.63, 3.8) is 0 Å². The normalized spacial score (nSPS) is 23.6. The van der Waals surface area contributed by atoms with Crippen LogP contribution in [0.2, 0.25) is 5.02 Å². The topological polar surface area (TPSA) is 76.1 Å². The number of hydrogen-bond acceptors (Lipinski definition) is 5. The Morgan fingerprint density at radius 2 is 1.86 bits per heavy atom. The molecule has 1 aliphatic heterocycles. The van der Waals surface area contributed by atoms with Crippen LogP contribution in [0.4, 0.5) is 0 Å². The Kier molecular flexibility index (Phi) is 5.24. The second kappa shape index (κ2) is 6.60. The van der Waals surface area contributed by atoms with E-state index in [1.807, 2.05) is 0 Å². The molecule has 0 spiro atoms. The van der Waals surface area contributed by atoms with Gasteiger partial charge in [0.25, 0.3) is 0 Å². The summed E-state index contributed by atoms with van der Waals surface area (Å²) in [5.41, 5.74) is 0.378. The second-order valence-electron chi connectivity index (χ2n) is 4.78. The molecular weight excluding hydrogens is 318 g/mol. The van der Waals surface area contributed by atoms with Crippen molar-refractivity contribution in [1.29, 1.82) is 0 Å². The van der Waals surface area contributed by atoms with Gasteiger partial charge >= 0.3 is 0 Å². The minimum Gasteiger partial charge on any atom is -0.392 e. The first-order valence-corrected chi connectivity index (χ1v) is 8.21. The minimum absolute atomic E-state index is 0.0996. The van der Waals surface area contributed by atoms with Crippen molar-refractivity contribution < 1.29 is 23.0 Å². The minimum atomic E-state index is -3.67. The fourth-order valence-corrected chi connectivity index (χ4v) is 4.03. The van der Waals surface area contributed by atoms with Gasteiger partial charge in [0, 0.05) is 32.3 Å². The van der Waals surface area contributed by atoms with Crippen LogP contribution in [0.25, 0.3) is 0 Å². The summed E-state index contributed by atoms with van der Waals surface area (Å²) in [6.45, 7) is 0.145. The Hall–Kier alpha value is -0.700. The summed E-state index contributed by atoms with van der Waals surface area (Å²) in [7, 11) is -0.617. The standard InChI is InChI=1S/C13H18ClNO5S/c1-19-12-6-15(7-13(12)20-2)21(17,18)10-3-4-11(14)9(5-10)8-16/h3-5,12-13,16H,6-8H2,1-2H3. The molecule has 0 radical (unpaired) electrons. The van der Waals surface area contributed by atoms with E-state index in [2.05, 4.69) is 0 Å². The van der Waals surface area contributed by atoms with E-state index in [4.69, 9.17) is 21.1 Å². The Morgan fingerprint density at radius 1 is 1.29 bits per heavy atom. The zero-order valence-corrected chi connectivity index (χ0v) is 13.4. The van der Waals surface area contributed by atoms with Crippen LogP contribution in [0.15, 0.2) is 23.1 Å². The van der Waals surface area contributed by atoms with E-state index in [0.29, 0.717) is 10.6 Å². The Morgan fingerprint density at radius 3 is 2.33 bits per heavy atom. The smallest absolute Gasteiger partial charge is 0.243 e. The molecule has 2 atom stereocenters. The lowest BCUT2D eigenvalue weighted by molar-refractivity contribution is -0.00461. The van der Waals surface area contributed by atoms with Crippen molar-refractivity contribution in [3.8, 4) is 0 Å². The second-order valence-corrected chi connectivity index (χ2v) is 7.13. The fourth-order valence-electron chi connectivity index (χ4n) is 2.34. The van der Waals surface area contributed by atoms with Crippen molar-refractivity contribution in [2.75, 3.05) is 27.3 Å². The third-order valence-corrected chi connectivity index (χ3v) is 5.81. The molecule has 1 aromatic rings. The van der Waals surface area contributed by atoms with E-state index < -0.39 is 10.0 Å². The van der Waals surface area contributed by atoms with E-state index >= 15 is 0 Å². The van der Waals surface area contributed by atoms with Crippen LogP contribution in [-0.2, 0) is 26.1 Å². The number of benzene rings is 1. The van der Waals surface area contributed by atoms with Gasteiger partial charge in [0.1, 0.15) is 0 Å². The molecule has 0 aliphatic carbocycles. The third-order valence-electron chi connectivity index (χ3n) is 3.61. The molecule has 8 heteroatoms. The number of rotatable bonds is 5. The molecule has 0 aromatic heterocycles. The lowest BCUT2D eigenvalue weighted by Gasteiger charge is -2.16. The van der Waals surface area contributed by atoms with Crippen molar-refractivity contribution in [2.45, 2.75) is 23.7 Å². The van der Waals surface area contributed by atoms with Gasteiger partial charge in [-0.3, -0.25) is 0 Å². The molecule has 1 aromatic carbocycles. The van der Waals surface area contributed by atoms with Gasteiger partial charge in [-0.05, 0) is 23.8 Å². The van der Waals surface area contributed by atoms with Gasteiger partial charge in [-0.1, -0.05) is 11.6 Å². The molecule has 1 fully saturated rings. The van der Waals surface area contributed by atoms with Gasteiger partial charge in [0.05, 0.1) is 23.7 Å². The summed E-state index contributed by atoms with van der Waals surface area (Å²) in [6.07, 6.45) is -0.594. The first-order valence-electron chi connectivity index (χ1n) is 6.39. The number of ether oxygens (including phenoxy) is 2. The van der Waals surface area contributed by atoms with Gasteiger partial charge in [0.15, 0.2) is 0 Å². The number of halogens is 1. The van der Waals surface area contributed by atoms with Gasteiger partial charge in [-0.15, -0.1) is 0 Å². The molecule has 0 bridgehead atoms. The SMILES string of the molecule is COC1CN(S(=O)(=O)c2ccc(Cl)c(CO)c2)CC1OC. The van der Waals surface area contributed by atoms with Gasteiger partial charge in [0.2, 0.25) is 10.0 Å². The highest BCUT2D eigenvalue weighted by atomic mass is 35.5. The first-order chi connectivity index (χ1) is 9.93. The van der Waals surface area contributed by atoms with Crippen LogP contribution in [0.5, 0.6) is 0 Å². The average molecular weight is 336 g/mol. The quantitative estimate of drug-likeness (QED) is 0.864. The van der Waals surface area contributed by atoms with Crippen molar-refractivity contribution in [1.82, 2.24) is 4.31 Å². The molecule has 1 N–H and O–H groups in total. The zero-order chi connectivity index (χ0) is 15.6. The Bertz CT molecular complexity index is 595. The third kappa shape index (κ3) is 3.23. The summed E-state index contributed by atoms with van der Waals surface area (Å²) in [5.74, 6) is 0. The Balaban J connectivity index is 2.31. The highest BCUT2D eigenvalue weighted by Gasteiger charge is 2.39. The summed E-state index contributed by atoms with van der Waals surface area (Å²) in [5, 5.41) is 9.54. The van der Waals surface area contributed by atoms with Gasteiger partial charge < -0.3 is 14.6 Å². The summed E-state index contributed by atoms with van der Waals surface area (Å²) in [6, 6.07) is 4.29. The lowest BCUT2D eigenvalue weighted by atomic mass is 10.2. The highest BCUT2D eigenvalue weighted by Crippen LogP contribution is 2.26. The molecule has 1 saturated heterocycles. The van der Waals surface area contributed by atoms with Crippen LogP contribution >= 0.6 is 11.6 Å². The number of aliphatic hydroxyl groups excluding tert-OH is 1. The molecule has 21 heavy (non-hydrogen) atoms. The van der Waals surface area contributed by atoms with Crippen molar-refractivity contribution in [3.05, 3.63) is 28.8 Å². The van der Waals surface area contributed by atoms with Crippen LogP contribution in [0, 0.1) is 0 Å². The first kappa shape index (κ1) is 16.7. The van der Waals surface area contributed by atoms with E-state index in [-0.39, 0.29) is 36.8 Å². The molecule has 6 nitrogen and oxygen atoms in total. The molecule has 0 amide bonds. The highest BCUT2D eigenvalue weighted by molar-refractivity contribution is 7.89. The van der Waals surface area contributed by atoms with Crippen LogP contribution in [-0.4, -0.2) is 57.3 Å². The Labute approximate surface area is 129 Å². The number of hydrogen-bond donors (Lipinski definition) is 1. The monoisotopic (exact) mass is 335 g/mol. The molecule has 118 valence electrons. The van der Waals surface area contributed by atoms with Crippen molar-refractivity contribution >= 4 is 21.6 Å².